The summed E-state index contributed by atoms with van der Waals surface area (Å²) in [6.45, 7) is 2.52. The van der Waals surface area contributed by atoms with Crippen molar-refractivity contribution in [3.63, 3.8) is 0 Å². The third-order valence-electron chi connectivity index (χ3n) is 5.83. The fraction of sp³-hybridized carbons (Fsp3) is 0.400. The molecule has 43 heavy (non-hydrogen) atoms. The van der Waals surface area contributed by atoms with Gasteiger partial charge in [-0.2, -0.15) is 8.42 Å². The Kier molecular flexibility index (Phi) is 21.7. The van der Waals surface area contributed by atoms with E-state index in [1.54, 1.807) is 42.5 Å². The van der Waals surface area contributed by atoms with Crippen molar-refractivity contribution in [2.45, 2.75) is 85.8 Å². The molecule has 0 aliphatic carbocycles. The SMILES string of the molecule is CCCCCCCCCCCCOS(=O)(=O)c1ccccc1.O=S(=O)([O-])c1ccccc1.O=S(=O)([O-])c1ccccc1.[Mg+2]. The molecule has 0 N–H and O–H groups in total. The van der Waals surface area contributed by atoms with Crippen molar-refractivity contribution < 1.29 is 38.5 Å². The molecule has 0 aromatic heterocycles. The van der Waals surface area contributed by atoms with Crippen LogP contribution in [0, 0.1) is 0 Å². The first kappa shape index (κ1) is 41.2. The molecule has 0 unspecified atom stereocenters. The molecule has 0 amide bonds. The summed E-state index contributed by atoms with van der Waals surface area (Å²) in [4.78, 5) is -0.132. The van der Waals surface area contributed by atoms with E-state index in [0.717, 1.165) is 12.8 Å². The van der Waals surface area contributed by atoms with Gasteiger partial charge in [0.05, 0.1) is 21.3 Å². The summed E-state index contributed by atoms with van der Waals surface area (Å²) in [5.41, 5.74) is 0. The van der Waals surface area contributed by atoms with Gasteiger partial charge in [-0.25, -0.2) is 16.8 Å². The Morgan fingerprint density at radius 3 is 1.09 bits per heavy atom. The van der Waals surface area contributed by atoms with Crippen LogP contribution < -0.4 is 0 Å². The Bertz CT molecular complexity index is 1370. The van der Waals surface area contributed by atoms with Crippen molar-refractivity contribution in [2.75, 3.05) is 6.61 Å². The Hall–Kier alpha value is -1.84. The molecular weight excluding hydrogens is 625 g/mol. The molecule has 13 heteroatoms. The Morgan fingerprint density at radius 2 is 0.791 bits per heavy atom. The van der Waals surface area contributed by atoms with Crippen LogP contribution in [0.5, 0.6) is 0 Å². The first-order valence-corrected chi connectivity index (χ1v) is 18.1. The van der Waals surface area contributed by atoms with Gasteiger partial charge in [-0.1, -0.05) is 119 Å². The van der Waals surface area contributed by atoms with Gasteiger partial charge in [0.1, 0.15) is 20.2 Å². The summed E-state index contributed by atoms with van der Waals surface area (Å²) >= 11 is 0. The minimum Gasteiger partial charge on any atom is -0.744 e. The summed E-state index contributed by atoms with van der Waals surface area (Å²) in [6.07, 6.45) is 12.3. The second kappa shape index (κ2) is 22.6. The van der Waals surface area contributed by atoms with Gasteiger partial charge in [0.2, 0.25) is 0 Å². The van der Waals surface area contributed by atoms with Crippen LogP contribution >= 0.6 is 0 Å². The molecule has 9 nitrogen and oxygen atoms in total. The third kappa shape index (κ3) is 19.9. The number of hydrogen-bond donors (Lipinski definition) is 0. The Labute approximate surface area is 273 Å². The summed E-state index contributed by atoms with van der Waals surface area (Å²) < 4.78 is 90.5. The summed E-state index contributed by atoms with van der Waals surface area (Å²) in [6, 6.07) is 22.7. The van der Waals surface area contributed by atoms with Crippen LogP contribution in [-0.4, -0.2) is 64.0 Å². The molecule has 0 heterocycles. The maximum atomic E-state index is 11.9. The van der Waals surface area contributed by atoms with Gasteiger partial charge in [0.25, 0.3) is 10.1 Å². The molecule has 0 atom stereocenters. The second-order valence-corrected chi connectivity index (χ2v) is 13.7. The van der Waals surface area contributed by atoms with Gasteiger partial charge in [-0.05, 0) is 42.8 Å². The van der Waals surface area contributed by atoms with Gasteiger partial charge in [-0.15, -0.1) is 0 Å². The van der Waals surface area contributed by atoms with E-state index in [-0.39, 0.29) is 44.3 Å². The van der Waals surface area contributed by atoms with E-state index in [9.17, 15) is 34.4 Å². The summed E-state index contributed by atoms with van der Waals surface area (Å²) in [5, 5.41) is 0. The summed E-state index contributed by atoms with van der Waals surface area (Å²) in [5.74, 6) is 0. The normalized spacial score (nSPS) is 11.2. The molecule has 0 fully saturated rings. The molecule has 0 radical (unpaired) electrons. The van der Waals surface area contributed by atoms with Crippen LogP contribution in [0.1, 0.15) is 71.1 Å². The van der Waals surface area contributed by atoms with Gasteiger partial charge in [0.15, 0.2) is 0 Å². The van der Waals surface area contributed by atoms with Crippen LogP contribution in [0.4, 0.5) is 0 Å². The number of benzene rings is 3. The molecule has 3 aromatic rings. The van der Waals surface area contributed by atoms with Gasteiger partial charge in [0, 0.05) is 0 Å². The zero-order chi connectivity index (χ0) is 31.3. The van der Waals surface area contributed by atoms with Crippen LogP contribution in [0.2, 0.25) is 0 Å². The van der Waals surface area contributed by atoms with Gasteiger partial charge < -0.3 is 9.11 Å². The zero-order valence-corrected chi connectivity index (χ0v) is 28.4. The predicted octanol–water partition coefficient (Wildman–Crippen LogP) is 6.11. The average Bonchev–Trinajstić information content (AvgIpc) is 2.97. The zero-order valence-electron chi connectivity index (χ0n) is 24.5. The minimum atomic E-state index is -4.25. The number of hydrogen-bond acceptors (Lipinski definition) is 9. The standard InChI is InChI=1S/C18H30O3S.2C6H6O3S.Mg/c1-2-3-4-5-6-7-8-9-10-14-17-21-22(19,20)18-15-12-11-13-16-18;2*7-10(8,9)6-4-2-1-3-5-6;/h11-13,15-16H,2-10,14,17H2,1H3;2*1-5H,(H,7,8,9);/q;;;+2/p-2. The third-order valence-corrected chi connectivity index (χ3v) is 8.86. The molecule has 0 saturated heterocycles. The first-order valence-electron chi connectivity index (χ1n) is 13.8. The van der Waals surface area contributed by atoms with E-state index in [1.807, 2.05) is 0 Å². The van der Waals surface area contributed by atoms with Gasteiger partial charge in [-0.3, -0.25) is 4.18 Å². The number of rotatable bonds is 15. The van der Waals surface area contributed by atoms with Crippen molar-refractivity contribution >= 4 is 53.4 Å². The van der Waals surface area contributed by atoms with Crippen molar-refractivity contribution in [1.82, 2.24) is 0 Å². The summed E-state index contributed by atoms with van der Waals surface area (Å²) in [7, 11) is -12.1. The largest absolute Gasteiger partial charge is 2.00 e. The van der Waals surface area contributed by atoms with Crippen LogP contribution in [0.15, 0.2) is 106 Å². The second-order valence-electron chi connectivity index (χ2n) is 9.31. The smallest absolute Gasteiger partial charge is 0.744 e. The van der Waals surface area contributed by atoms with Gasteiger partial charge >= 0.3 is 23.1 Å². The van der Waals surface area contributed by atoms with E-state index < -0.39 is 30.4 Å². The maximum absolute atomic E-state index is 11.9. The topological polar surface area (TPSA) is 158 Å². The quantitative estimate of drug-likeness (QED) is 0.0808. The molecule has 0 saturated carbocycles. The monoisotopic (exact) mass is 664 g/mol. The minimum absolute atomic E-state index is 0. The molecule has 0 aliphatic heterocycles. The Balaban J connectivity index is 0.000000695. The maximum Gasteiger partial charge on any atom is 2.00 e. The van der Waals surface area contributed by atoms with Crippen LogP contribution in [-0.2, 0) is 34.5 Å². The van der Waals surface area contributed by atoms with Crippen LogP contribution in [0.3, 0.4) is 0 Å². The fourth-order valence-corrected chi connectivity index (χ4v) is 5.53. The van der Waals surface area contributed by atoms with E-state index in [4.69, 9.17) is 4.18 Å². The first-order chi connectivity index (χ1) is 19.9. The molecule has 0 spiro atoms. The van der Waals surface area contributed by atoms with E-state index in [0.29, 0.717) is 0 Å². The van der Waals surface area contributed by atoms with E-state index >= 15 is 0 Å². The molecule has 3 rings (SSSR count). The average molecular weight is 665 g/mol. The number of unbranched alkanes of at least 4 members (excludes halogenated alkanes) is 9. The van der Waals surface area contributed by atoms with Crippen molar-refractivity contribution in [1.29, 1.82) is 0 Å². The van der Waals surface area contributed by atoms with Crippen molar-refractivity contribution in [2.24, 2.45) is 0 Å². The molecule has 234 valence electrons. The van der Waals surface area contributed by atoms with E-state index in [2.05, 4.69) is 6.92 Å². The van der Waals surface area contributed by atoms with E-state index in [1.165, 1.54) is 99.9 Å². The molecule has 0 aliphatic rings. The van der Waals surface area contributed by atoms with Crippen molar-refractivity contribution in [3.05, 3.63) is 91.0 Å². The van der Waals surface area contributed by atoms with Crippen LogP contribution in [0.25, 0.3) is 0 Å². The van der Waals surface area contributed by atoms with Crippen molar-refractivity contribution in [3.8, 4) is 0 Å². The molecular formula is C30H40MgO9S3. The Morgan fingerprint density at radius 1 is 0.488 bits per heavy atom. The molecule has 0 bridgehead atoms. The fourth-order valence-electron chi connectivity index (χ4n) is 3.59. The predicted molar refractivity (Wildman–Crippen MR) is 166 cm³/mol. The molecule has 3 aromatic carbocycles.